The summed E-state index contributed by atoms with van der Waals surface area (Å²) in [6.45, 7) is 5.74. The minimum absolute atomic E-state index is 0.421. The summed E-state index contributed by atoms with van der Waals surface area (Å²) >= 11 is 0. The number of anilines is 1. The molecule has 1 heterocycles. The topological polar surface area (TPSA) is 15.3 Å². The van der Waals surface area contributed by atoms with Gasteiger partial charge in [0.25, 0.3) is 0 Å². The maximum atomic E-state index is 3.35. The standard InChI is InChI=1S/C15H24N2/c1-4-13-8-7-11-17(13)15-10-6-5-9-14(15)12(2)16-3/h5-6,9-10,12-13,16H,4,7-8,11H2,1-3H3. The van der Waals surface area contributed by atoms with Gasteiger partial charge in [-0.25, -0.2) is 0 Å². The highest BCUT2D eigenvalue weighted by molar-refractivity contribution is 5.56. The fourth-order valence-corrected chi connectivity index (χ4v) is 2.85. The normalized spacial score (nSPS) is 21.8. The van der Waals surface area contributed by atoms with E-state index in [9.17, 15) is 0 Å². The van der Waals surface area contributed by atoms with Gasteiger partial charge in [-0.3, -0.25) is 0 Å². The second-order valence-corrected chi connectivity index (χ2v) is 4.97. The molecule has 1 fully saturated rings. The minimum Gasteiger partial charge on any atom is -0.368 e. The van der Waals surface area contributed by atoms with Crippen LogP contribution in [0.4, 0.5) is 5.69 Å². The van der Waals surface area contributed by atoms with Gasteiger partial charge in [0.1, 0.15) is 0 Å². The van der Waals surface area contributed by atoms with Crippen LogP contribution < -0.4 is 10.2 Å². The third-order valence-corrected chi connectivity index (χ3v) is 3.99. The van der Waals surface area contributed by atoms with Crippen LogP contribution in [0.25, 0.3) is 0 Å². The van der Waals surface area contributed by atoms with Crippen LogP contribution in [0.2, 0.25) is 0 Å². The zero-order chi connectivity index (χ0) is 12.3. The lowest BCUT2D eigenvalue weighted by atomic mass is 10.0. The molecule has 2 rings (SSSR count). The number of benzene rings is 1. The molecule has 0 spiro atoms. The van der Waals surface area contributed by atoms with Gasteiger partial charge in [-0.1, -0.05) is 25.1 Å². The second kappa shape index (κ2) is 5.54. The van der Waals surface area contributed by atoms with E-state index >= 15 is 0 Å². The van der Waals surface area contributed by atoms with Crippen LogP contribution in [0.1, 0.15) is 44.7 Å². The van der Waals surface area contributed by atoms with E-state index in [2.05, 4.69) is 48.3 Å². The molecule has 1 aliphatic rings. The summed E-state index contributed by atoms with van der Waals surface area (Å²) in [7, 11) is 2.03. The Morgan fingerprint density at radius 3 is 2.88 bits per heavy atom. The van der Waals surface area contributed by atoms with Gasteiger partial charge < -0.3 is 10.2 Å². The largest absolute Gasteiger partial charge is 0.368 e. The van der Waals surface area contributed by atoms with E-state index in [4.69, 9.17) is 0 Å². The van der Waals surface area contributed by atoms with Crippen molar-refractivity contribution in [2.24, 2.45) is 0 Å². The molecule has 17 heavy (non-hydrogen) atoms. The van der Waals surface area contributed by atoms with Gasteiger partial charge in [-0.05, 0) is 44.9 Å². The van der Waals surface area contributed by atoms with Crippen LogP contribution in [0, 0.1) is 0 Å². The summed E-state index contributed by atoms with van der Waals surface area (Å²) < 4.78 is 0. The average Bonchev–Trinajstić information content (AvgIpc) is 2.86. The lowest BCUT2D eigenvalue weighted by molar-refractivity contribution is 0.623. The molecule has 0 amide bonds. The number of nitrogens with one attached hydrogen (secondary N) is 1. The van der Waals surface area contributed by atoms with E-state index in [1.54, 1.807) is 0 Å². The molecule has 2 unspecified atom stereocenters. The van der Waals surface area contributed by atoms with E-state index < -0.39 is 0 Å². The third kappa shape index (κ3) is 2.47. The lowest BCUT2D eigenvalue weighted by Crippen LogP contribution is -2.30. The molecule has 0 aromatic heterocycles. The number of hydrogen-bond donors (Lipinski definition) is 1. The first-order chi connectivity index (χ1) is 8.27. The SMILES string of the molecule is CCC1CCCN1c1ccccc1C(C)NC. The zero-order valence-corrected chi connectivity index (χ0v) is 11.2. The number of rotatable bonds is 4. The predicted octanol–water partition coefficient (Wildman–Crippen LogP) is 3.35. The highest BCUT2D eigenvalue weighted by Crippen LogP contribution is 2.32. The van der Waals surface area contributed by atoms with Crippen molar-refractivity contribution in [2.75, 3.05) is 18.5 Å². The van der Waals surface area contributed by atoms with E-state index in [-0.39, 0.29) is 0 Å². The highest BCUT2D eigenvalue weighted by Gasteiger charge is 2.25. The maximum absolute atomic E-state index is 3.35. The molecular formula is C15H24N2. The highest BCUT2D eigenvalue weighted by atomic mass is 15.2. The van der Waals surface area contributed by atoms with Gasteiger partial charge in [-0.15, -0.1) is 0 Å². The van der Waals surface area contributed by atoms with E-state index in [1.807, 2.05) is 7.05 Å². The summed E-state index contributed by atoms with van der Waals surface area (Å²) in [5, 5.41) is 3.35. The van der Waals surface area contributed by atoms with E-state index in [1.165, 1.54) is 37.1 Å². The number of nitrogens with zero attached hydrogens (tertiary/aromatic N) is 1. The molecule has 0 bridgehead atoms. The van der Waals surface area contributed by atoms with Gasteiger partial charge in [0.2, 0.25) is 0 Å². The monoisotopic (exact) mass is 232 g/mol. The fourth-order valence-electron chi connectivity index (χ4n) is 2.85. The van der Waals surface area contributed by atoms with Crippen LogP contribution in [0.15, 0.2) is 24.3 Å². The van der Waals surface area contributed by atoms with Crippen molar-refractivity contribution in [1.82, 2.24) is 5.32 Å². The molecule has 1 aliphatic heterocycles. The Morgan fingerprint density at radius 1 is 1.41 bits per heavy atom. The first-order valence-corrected chi connectivity index (χ1v) is 6.80. The Hall–Kier alpha value is -1.02. The van der Waals surface area contributed by atoms with Gasteiger partial charge in [0.05, 0.1) is 0 Å². The van der Waals surface area contributed by atoms with Crippen LogP contribution in [-0.4, -0.2) is 19.6 Å². The maximum Gasteiger partial charge on any atom is 0.0417 e. The van der Waals surface area contributed by atoms with E-state index in [0.29, 0.717) is 6.04 Å². The molecule has 0 radical (unpaired) electrons. The van der Waals surface area contributed by atoms with Crippen LogP contribution in [0.3, 0.4) is 0 Å². The predicted molar refractivity (Wildman–Crippen MR) is 74.6 cm³/mol. The number of hydrogen-bond acceptors (Lipinski definition) is 2. The quantitative estimate of drug-likeness (QED) is 0.856. The summed E-state index contributed by atoms with van der Waals surface area (Å²) in [5.41, 5.74) is 2.86. The first-order valence-electron chi connectivity index (χ1n) is 6.80. The third-order valence-electron chi connectivity index (χ3n) is 3.99. The fraction of sp³-hybridized carbons (Fsp3) is 0.600. The zero-order valence-electron chi connectivity index (χ0n) is 11.2. The summed E-state index contributed by atoms with van der Waals surface area (Å²) in [4.78, 5) is 2.60. The summed E-state index contributed by atoms with van der Waals surface area (Å²) in [6.07, 6.45) is 3.93. The van der Waals surface area contributed by atoms with Gasteiger partial charge >= 0.3 is 0 Å². The van der Waals surface area contributed by atoms with Gasteiger partial charge in [-0.2, -0.15) is 0 Å². The second-order valence-electron chi connectivity index (χ2n) is 4.97. The Labute approximate surface area is 105 Å². The van der Waals surface area contributed by atoms with Crippen molar-refractivity contribution in [1.29, 1.82) is 0 Å². The smallest absolute Gasteiger partial charge is 0.0417 e. The molecule has 1 aromatic carbocycles. The molecule has 94 valence electrons. The summed E-state index contributed by atoms with van der Waals surface area (Å²) in [6, 6.07) is 9.98. The van der Waals surface area contributed by atoms with Crippen molar-refractivity contribution >= 4 is 5.69 Å². The van der Waals surface area contributed by atoms with Crippen LogP contribution >= 0.6 is 0 Å². The van der Waals surface area contributed by atoms with Crippen molar-refractivity contribution in [3.8, 4) is 0 Å². The van der Waals surface area contributed by atoms with Crippen LogP contribution in [0.5, 0.6) is 0 Å². The molecule has 0 aliphatic carbocycles. The molecule has 2 heteroatoms. The molecule has 1 saturated heterocycles. The Morgan fingerprint density at radius 2 is 2.18 bits per heavy atom. The van der Waals surface area contributed by atoms with E-state index in [0.717, 1.165) is 6.04 Å². The van der Waals surface area contributed by atoms with Crippen molar-refractivity contribution < 1.29 is 0 Å². The molecule has 2 nitrogen and oxygen atoms in total. The molecule has 1 aromatic rings. The minimum atomic E-state index is 0.421. The van der Waals surface area contributed by atoms with Crippen molar-refractivity contribution in [3.05, 3.63) is 29.8 Å². The Bertz CT molecular complexity index is 362. The summed E-state index contributed by atoms with van der Waals surface area (Å²) in [5.74, 6) is 0. The van der Waals surface area contributed by atoms with Crippen LogP contribution in [-0.2, 0) is 0 Å². The molecular weight excluding hydrogens is 208 g/mol. The van der Waals surface area contributed by atoms with Gasteiger partial charge in [0.15, 0.2) is 0 Å². The lowest BCUT2D eigenvalue weighted by Gasteiger charge is -2.29. The van der Waals surface area contributed by atoms with Gasteiger partial charge in [0, 0.05) is 24.3 Å². The molecule has 2 atom stereocenters. The Kier molecular flexibility index (Phi) is 4.06. The molecule has 1 N–H and O–H groups in total. The van der Waals surface area contributed by atoms with Crippen molar-refractivity contribution in [3.63, 3.8) is 0 Å². The first kappa shape index (κ1) is 12.4. The molecule has 0 saturated carbocycles. The van der Waals surface area contributed by atoms with Crippen molar-refractivity contribution in [2.45, 2.75) is 45.2 Å². The number of para-hydroxylation sites is 1. The average molecular weight is 232 g/mol. The Balaban J connectivity index is 2.31.